The van der Waals surface area contributed by atoms with Gasteiger partial charge in [0, 0.05) is 24.6 Å². The fraction of sp³-hybridized carbons (Fsp3) is 0.480. The molecule has 2 aromatic rings. The van der Waals surface area contributed by atoms with Gasteiger partial charge in [-0.15, -0.1) is 0 Å². The smallest absolute Gasteiger partial charge is 0.303 e. The Balaban J connectivity index is 1.50. The van der Waals surface area contributed by atoms with Gasteiger partial charge in [-0.25, -0.2) is 0 Å². The number of hydrogen-bond donors (Lipinski definition) is 5. The average Bonchev–Trinajstić information content (AvgIpc) is 2.77. The lowest BCUT2D eigenvalue weighted by Gasteiger charge is -2.27. The molecule has 0 aromatic heterocycles. The van der Waals surface area contributed by atoms with E-state index in [-0.39, 0.29) is 18.8 Å². The number of aliphatic carboxylic acids is 1. The molecule has 5 N–H and O–H groups in total. The van der Waals surface area contributed by atoms with Crippen LogP contribution in [0.3, 0.4) is 0 Å². The second-order valence-corrected chi connectivity index (χ2v) is 8.47. The van der Waals surface area contributed by atoms with E-state index in [0.29, 0.717) is 23.7 Å². The first-order valence-electron chi connectivity index (χ1n) is 11.1. The fourth-order valence-electron chi connectivity index (χ4n) is 4.26. The number of aliphatic hydroxyl groups excluding tert-OH is 2. The molecule has 3 rings (SSSR count). The zero-order chi connectivity index (χ0) is 22.2. The molecule has 6 nitrogen and oxygen atoms in total. The lowest BCUT2D eigenvalue weighted by molar-refractivity contribution is -0.137. The van der Waals surface area contributed by atoms with E-state index < -0.39 is 12.1 Å². The van der Waals surface area contributed by atoms with Crippen LogP contribution in [0, 0.1) is 0 Å². The van der Waals surface area contributed by atoms with Crippen molar-refractivity contribution in [1.29, 1.82) is 0 Å². The molecular formula is C25H33NO5. The van der Waals surface area contributed by atoms with E-state index in [1.807, 2.05) is 0 Å². The summed E-state index contributed by atoms with van der Waals surface area (Å²) >= 11 is 0. The molecule has 0 heterocycles. The molecule has 31 heavy (non-hydrogen) atoms. The Morgan fingerprint density at radius 2 is 1.94 bits per heavy atom. The Bertz CT molecular complexity index is 882. The standard InChI is InChI=1S/C25H33NO5/c27-16-21-13-19(9-11-23(21)28)24(29)15-26-22-10-8-18-7-6-17(12-20(18)14-22)4-2-1-3-5-25(30)31/h6-7,9,11-13,22,24,26-29H,1-5,8,10,14-16H2,(H,30,31)/t22-,24?/m0/s1. The molecule has 0 saturated carbocycles. The predicted octanol–water partition coefficient (Wildman–Crippen LogP) is 3.25. The third-order valence-electron chi connectivity index (χ3n) is 6.11. The number of hydrogen-bond acceptors (Lipinski definition) is 5. The number of aliphatic hydroxyl groups is 2. The molecule has 0 amide bonds. The zero-order valence-electron chi connectivity index (χ0n) is 17.9. The van der Waals surface area contributed by atoms with Crippen LogP contribution in [0.2, 0.25) is 0 Å². The van der Waals surface area contributed by atoms with Crippen molar-refractivity contribution in [1.82, 2.24) is 5.32 Å². The Morgan fingerprint density at radius 1 is 1.10 bits per heavy atom. The van der Waals surface area contributed by atoms with E-state index in [4.69, 9.17) is 5.11 Å². The normalized spacial score (nSPS) is 16.6. The summed E-state index contributed by atoms with van der Waals surface area (Å²) in [5, 5.41) is 41.7. The van der Waals surface area contributed by atoms with Gasteiger partial charge in [0.15, 0.2) is 0 Å². The number of unbranched alkanes of at least 4 members (excludes halogenated alkanes) is 2. The molecule has 1 aliphatic rings. The quantitative estimate of drug-likeness (QED) is 0.352. The van der Waals surface area contributed by atoms with Gasteiger partial charge in [0.2, 0.25) is 0 Å². The molecule has 168 valence electrons. The molecule has 2 atom stereocenters. The monoisotopic (exact) mass is 427 g/mol. The molecule has 1 unspecified atom stereocenters. The predicted molar refractivity (Wildman–Crippen MR) is 119 cm³/mol. The highest BCUT2D eigenvalue weighted by Crippen LogP contribution is 2.25. The van der Waals surface area contributed by atoms with E-state index in [1.54, 1.807) is 12.1 Å². The minimum atomic E-state index is -0.725. The van der Waals surface area contributed by atoms with Gasteiger partial charge in [-0.1, -0.05) is 30.7 Å². The molecule has 2 aromatic carbocycles. The summed E-state index contributed by atoms with van der Waals surface area (Å²) in [5.41, 5.74) is 5.14. The van der Waals surface area contributed by atoms with E-state index in [2.05, 4.69) is 23.5 Å². The second kappa shape index (κ2) is 11.3. The highest BCUT2D eigenvalue weighted by molar-refractivity contribution is 5.66. The summed E-state index contributed by atoms with van der Waals surface area (Å²) in [6.45, 7) is 0.153. The van der Waals surface area contributed by atoms with Crippen molar-refractivity contribution in [2.24, 2.45) is 0 Å². The van der Waals surface area contributed by atoms with Crippen LogP contribution >= 0.6 is 0 Å². The largest absolute Gasteiger partial charge is 0.508 e. The second-order valence-electron chi connectivity index (χ2n) is 8.47. The number of rotatable bonds is 11. The number of nitrogens with one attached hydrogen (secondary N) is 1. The van der Waals surface area contributed by atoms with Crippen molar-refractivity contribution in [3.63, 3.8) is 0 Å². The van der Waals surface area contributed by atoms with Crippen LogP contribution in [0.1, 0.15) is 66.0 Å². The van der Waals surface area contributed by atoms with Gasteiger partial charge in [0.05, 0.1) is 12.7 Å². The molecule has 0 bridgehead atoms. The molecule has 0 saturated heterocycles. The van der Waals surface area contributed by atoms with Gasteiger partial charge in [-0.3, -0.25) is 4.79 Å². The maximum absolute atomic E-state index is 10.6. The number of aromatic hydroxyl groups is 1. The lowest BCUT2D eigenvalue weighted by atomic mass is 9.86. The number of carboxylic acid groups (broad SMARTS) is 1. The maximum Gasteiger partial charge on any atom is 0.303 e. The third-order valence-corrected chi connectivity index (χ3v) is 6.11. The summed E-state index contributed by atoms with van der Waals surface area (Å²) < 4.78 is 0. The third kappa shape index (κ3) is 6.79. The van der Waals surface area contributed by atoms with Gasteiger partial charge in [-0.05, 0) is 72.9 Å². The molecule has 6 heteroatoms. The lowest BCUT2D eigenvalue weighted by Crippen LogP contribution is -2.37. The van der Waals surface area contributed by atoms with E-state index >= 15 is 0 Å². The summed E-state index contributed by atoms with van der Waals surface area (Å²) in [7, 11) is 0. The first-order valence-corrected chi connectivity index (χ1v) is 11.1. The highest BCUT2D eigenvalue weighted by Gasteiger charge is 2.20. The Morgan fingerprint density at radius 3 is 2.71 bits per heavy atom. The number of aryl methyl sites for hydroxylation is 2. The fourth-order valence-corrected chi connectivity index (χ4v) is 4.26. The summed E-state index contributed by atoms with van der Waals surface area (Å²) in [4.78, 5) is 10.6. The number of fused-ring (bicyclic) bond motifs is 1. The molecular weight excluding hydrogens is 394 g/mol. The Labute approximate surface area is 183 Å². The van der Waals surface area contributed by atoms with Crippen LogP contribution in [0.25, 0.3) is 0 Å². The summed E-state index contributed by atoms with van der Waals surface area (Å²) in [5.74, 6) is -0.690. The topological polar surface area (TPSA) is 110 Å². The minimum Gasteiger partial charge on any atom is -0.508 e. The maximum atomic E-state index is 10.6. The highest BCUT2D eigenvalue weighted by atomic mass is 16.4. The zero-order valence-corrected chi connectivity index (χ0v) is 17.9. The van der Waals surface area contributed by atoms with Gasteiger partial charge in [0.25, 0.3) is 0 Å². The van der Waals surface area contributed by atoms with Crippen LogP contribution in [0.4, 0.5) is 0 Å². The Hall–Kier alpha value is -2.41. The summed E-state index contributed by atoms with van der Waals surface area (Å²) in [6, 6.07) is 11.8. The van der Waals surface area contributed by atoms with E-state index in [9.17, 15) is 20.1 Å². The molecule has 1 aliphatic carbocycles. The van der Waals surface area contributed by atoms with Gasteiger partial charge < -0.3 is 25.7 Å². The minimum absolute atomic E-state index is 0.0352. The molecule has 0 spiro atoms. The van der Waals surface area contributed by atoms with Crippen LogP contribution in [-0.4, -0.2) is 39.0 Å². The van der Waals surface area contributed by atoms with E-state index in [1.165, 1.54) is 22.8 Å². The average molecular weight is 428 g/mol. The van der Waals surface area contributed by atoms with Gasteiger partial charge in [0.1, 0.15) is 5.75 Å². The van der Waals surface area contributed by atoms with Crippen molar-refractivity contribution in [3.8, 4) is 5.75 Å². The van der Waals surface area contributed by atoms with Crippen molar-refractivity contribution in [2.45, 2.75) is 70.1 Å². The van der Waals surface area contributed by atoms with Crippen molar-refractivity contribution in [2.75, 3.05) is 6.54 Å². The van der Waals surface area contributed by atoms with Crippen LogP contribution in [0.5, 0.6) is 5.75 Å². The SMILES string of the molecule is O=C(O)CCCCCc1ccc2c(c1)C[C@@H](NCC(O)c1ccc(O)c(CO)c1)CC2. The number of carbonyl (C=O) groups is 1. The van der Waals surface area contributed by atoms with Crippen LogP contribution in [-0.2, 0) is 30.7 Å². The molecule has 0 aliphatic heterocycles. The molecule has 0 fully saturated rings. The molecule has 0 radical (unpaired) electrons. The summed E-state index contributed by atoms with van der Waals surface area (Å²) in [6.07, 6.45) is 6.13. The van der Waals surface area contributed by atoms with Crippen LogP contribution < -0.4 is 5.32 Å². The van der Waals surface area contributed by atoms with Crippen molar-refractivity contribution in [3.05, 3.63) is 64.2 Å². The van der Waals surface area contributed by atoms with Crippen LogP contribution in [0.15, 0.2) is 36.4 Å². The van der Waals surface area contributed by atoms with Crippen molar-refractivity contribution < 1.29 is 25.2 Å². The van der Waals surface area contributed by atoms with Gasteiger partial charge in [-0.2, -0.15) is 0 Å². The van der Waals surface area contributed by atoms with E-state index in [0.717, 1.165) is 44.9 Å². The number of benzene rings is 2. The van der Waals surface area contributed by atoms with Crippen molar-refractivity contribution >= 4 is 5.97 Å². The van der Waals surface area contributed by atoms with Gasteiger partial charge >= 0.3 is 5.97 Å². The number of phenols is 1. The number of carboxylic acids is 1. The first kappa shape index (κ1) is 23.3. The first-order chi connectivity index (χ1) is 15.0. The Kier molecular flexibility index (Phi) is 8.46.